The lowest BCUT2D eigenvalue weighted by molar-refractivity contribution is 0.00578. The van der Waals surface area contributed by atoms with Crippen molar-refractivity contribution in [2.24, 2.45) is 5.92 Å². The van der Waals surface area contributed by atoms with Gasteiger partial charge in [0.1, 0.15) is 5.82 Å². The minimum atomic E-state index is -0.363. The Kier molecular flexibility index (Phi) is 4.53. The zero-order valence-electron chi connectivity index (χ0n) is 14.7. The fraction of sp³-hybridized carbons (Fsp3) is 0.706. The number of piperidine rings is 1. The van der Waals surface area contributed by atoms with Gasteiger partial charge in [0.05, 0.1) is 15.7 Å². The Hall–Kier alpha value is -0.585. The van der Waals surface area contributed by atoms with Gasteiger partial charge in [0, 0.05) is 24.7 Å². The number of aromatic nitrogens is 1. The van der Waals surface area contributed by atoms with Gasteiger partial charge in [0.15, 0.2) is 0 Å². The molecule has 0 saturated carbocycles. The van der Waals surface area contributed by atoms with Crippen LogP contribution in [0.4, 0.5) is 5.82 Å². The molecule has 0 radical (unpaired) electrons. The van der Waals surface area contributed by atoms with Gasteiger partial charge in [-0.05, 0) is 68.5 Å². The highest BCUT2D eigenvalue weighted by molar-refractivity contribution is 9.10. The molecule has 0 spiro atoms. The van der Waals surface area contributed by atoms with Crippen LogP contribution in [0.15, 0.2) is 16.7 Å². The second kappa shape index (κ2) is 6.05. The van der Waals surface area contributed by atoms with Crippen LogP contribution >= 0.6 is 15.9 Å². The summed E-state index contributed by atoms with van der Waals surface area (Å²) in [6.45, 7) is 12.7. The second-order valence-electron chi connectivity index (χ2n) is 7.86. The molecule has 1 atom stereocenters. The van der Waals surface area contributed by atoms with Gasteiger partial charge >= 0.3 is 7.12 Å². The van der Waals surface area contributed by atoms with E-state index in [-0.39, 0.29) is 18.3 Å². The summed E-state index contributed by atoms with van der Waals surface area (Å²) in [4.78, 5) is 7.06. The van der Waals surface area contributed by atoms with E-state index in [9.17, 15) is 0 Å². The maximum atomic E-state index is 6.11. The molecule has 3 heterocycles. The Labute approximate surface area is 148 Å². The molecule has 2 saturated heterocycles. The number of halogens is 1. The molecule has 1 unspecified atom stereocenters. The standard InChI is InChI=1S/C17H26BBrN2O2/c1-12-7-6-8-21(11-12)15-14(19)9-13(10-20-15)18-22-16(2,3)17(4,5)23-18/h9-10,12H,6-8,11H2,1-5H3. The number of hydrogen-bond donors (Lipinski definition) is 0. The Bertz CT molecular complexity index is 578. The molecule has 126 valence electrons. The average molecular weight is 381 g/mol. The zero-order chi connectivity index (χ0) is 16.8. The van der Waals surface area contributed by atoms with Crippen molar-refractivity contribution in [3.8, 4) is 0 Å². The van der Waals surface area contributed by atoms with E-state index in [1.165, 1.54) is 12.8 Å². The summed E-state index contributed by atoms with van der Waals surface area (Å²) in [5.74, 6) is 1.75. The summed E-state index contributed by atoms with van der Waals surface area (Å²) in [5, 5.41) is 0. The van der Waals surface area contributed by atoms with Crippen molar-refractivity contribution in [3.63, 3.8) is 0 Å². The van der Waals surface area contributed by atoms with Crippen LogP contribution in [0.2, 0.25) is 0 Å². The Morgan fingerprint density at radius 1 is 1.26 bits per heavy atom. The molecule has 6 heteroatoms. The number of anilines is 1. The van der Waals surface area contributed by atoms with Crippen LogP contribution in [0.25, 0.3) is 0 Å². The van der Waals surface area contributed by atoms with E-state index in [1.807, 2.05) is 6.20 Å². The summed E-state index contributed by atoms with van der Waals surface area (Å²) in [7, 11) is -0.363. The molecule has 2 fully saturated rings. The van der Waals surface area contributed by atoms with Gasteiger partial charge in [-0.3, -0.25) is 0 Å². The van der Waals surface area contributed by atoms with Crippen LogP contribution in [-0.2, 0) is 9.31 Å². The number of pyridine rings is 1. The maximum absolute atomic E-state index is 6.11. The minimum Gasteiger partial charge on any atom is -0.399 e. The SMILES string of the molecule is CC1CCCN(c2ncc(B3OC(C)(C)C(C)(C)O3)cc2Br)C1. The predicted octanol–water partition coefficient (Wildman–Crippen LogP) is 3.38. The van der Waals surface area contributed by atoms with Gasteiger partial charge in [-0.25, -0.2) is 4.98 Å². The van der Waals surface area contributed by atoms with Crippen LogP contribution in [0.1, 0.15) is 47.5 Å². The Morgan fingerprint density at radius 3 is 2.48 bits per heavy atom. The van der Waals surface area contributed by atoms with Crippen molar-refractivity contribution < 1.29 is 9.31 Å². The van der Waals surface area contributed by atoms with Crippen molar-refractivity contribution in [2.45, 2.75) is 58.7 Å². The van der Waals surface area contributed by atoms with Gasteiger partial charge in [-0.2, -0.15) is 0 Å². The van der Waals surface area contributed by atoms with Crippen LogP contribution in [0.5, 0.6) is 0 Å². The van der Waals surface area contributed by atoms with Crippen molar-refractivity contribution >= 4 is 34.3 Å². The summed E-state index contributed by atoms with van der Waals surface area (Å²) in [6.07, 6.45) is 4.43. The third-order valence-electron chi connectivity index (χ3n) is 5.32. The van der Waals surface area contributed by atoms with E-state index in [2.05, 4.69) is 61.5 Å². The summed E-state index contributed by atoms with van der Waals surface area (Å²) in [5.41, 5.74) is 0.306. The first-order chi connectivity index (χ1) is 10.7. The lowest BCUT2D eigenvalue weighted by atomic mass is 9.80. The smallest absolute Gasteiger partial charge is 0.399 e. The Balaban J connectivity index is 1.80. The number of rotatable bonds is 2. The molecule has 0 bridgehead atoms. The molecule has 23 heavy (non-hydrogen) atoms. The van der Waals surface area contributed by atoms with E-state index >= 15 is 0 Å². The molecule has 1 aromatic rings. The third kappa shape index (κ3) is 3.31. The molecule has 4 nitrogen and oxygen atoms in total. The highest BCUT2D eigenvalue weighted by Gasteiger charge is 2.51. The third-order valence-corrected chi connectivity index (χ3v) is 5.91. The average Bonchev–Trinajstić information content (AvgIpc) is 2.67. The molecule has 0 aliphatic carbocycles. The van der Waals surface area contributed by atoms with Gasteiger partial charge in [0.25, 0.3) is 0 Å². The van der Waals surface area contributed by atoms with Crippen LogP contribution in [-0.4, -0.2) is 36.4 Å². The van der Waals surface area contributed by atoms with Crippen molar-refractivity contribution in [1.29, 1.82) is 0 Å². The van der Waals surface area contributed by atoms with Crippen LogP contribution in [0.3, 0.4) is 0 Å². The van der Waals surface area contributed by atoms with E-state index in [1.54, 1.807) is 0 Å². The van der Waals surface area contributed by atoms with Gasteiger partial charge < -0.3 is 14.2 Å². The summed E-state index contributed by atoms with van der Waals surface area (Å²) >= 11 is 3.69. The molecule has 0 amide bonds. The first-order valence-corrected chi connectivity index (χ1v) is 9.25. The molecular formula is C17H26BBrN2O2. The molecule has 0 aromatic carbocycles. The van der Waals surface area contributed by atoms with E-state index < -0.39 is 0 Å². The van der Waals surface area contributed by atoms with E-state index in [0.29, 0.717) is 0 Å². The largest absolute Gasteiger partial charge is 0.496 e. The number of nitrogens with zero attached hydrogens (tertiary/aromatic N) is 2. The van der Waals surface area contributed by atoms with Crippen molar-refractivity contribution in [1.82, 2.24) is 4.98 Å². The monoisotopic (exact) mass is 380 g/mol. The van der Waals surface area contributed by atoms with E-state index in [4.69, 9.17) is 14.3 Å². The summed E-state index contributed by atoms with van der Waals surface area (Å²) in [6, 6.07) is 2.09. The fourth-order valence-corrected chi connectivity index (χ4v) is 3.79. The highest BCUT2D eigenvalue weighted by atomic mass is 79.9. The van der Waals surface area contributed by atoms with Crippen molar-refractivity contribution in [2.75, 3.05) is 18.0 Å². The second-order valence-corrected chi connectivity index (χ2v) is 8.71. The lowest BCUT2D eigenvalue weighted by Crippen LogP contribution is -2.41. The zero-order valence-corrected chi connectivity index (χ0v) is 16.3. The highest BCUT2D eigenvalue weighted by Crippen LogP contribution is 2.37. The molecule has 3 rings (SSSR count). The molecule has 0 N–H and O–H groups in total. The summed E-state index contributed by atoms with van der Waals surface area (Å²) < 4.78 is 13.2. The number of hydrogen-bond acceptors (Lipinski definition) is 4. The van der Waals surface area contributed by atoms with Gasteiger partial charge in [-0.15, -0.1) is 0 Å². The lowest BCUT2D eigenvalue weighted by Gasteiger charge is -2.32. The van der Waals surface area contributed by atoms with Crippen LogP contribution < -0.4 is 10.4 Å². The molecule has 2 aliphatic heterocycles. The quantitative estimate of drug-likeness (QED) is 0.736. The molecule has 2 aliphatic rings. The van der Waals surface area contributed by atoms with Crippen LogP contribution in [0, 0.1) is 5.92 Å². The molecule has 1 aromatic heterocycles. The fourth-order valence-electron chi connectivity index (χ4n) is 3.17. The first kappa shape index (κ1) is 17.2. The normalized spacial score (nSPS) is 26.6. The molecular weight excluding hydrogens is 355 g/mol. The van der Waals surface area contributed by atoms with Crippen molar-refractivity contribution in [3.05, 3.63) is 16.7 Å². The first-order valence-electron chi connectivity index (χ1n) is 8.46. The minimum absolute atomic E-state index is 0.328. The Morgan fingerprint density at radius 2 is 1.91 bits per heavy atom. The van der Waals surface area contributed by atoms with Gasteiger partial charge in [-0.1, -0.05) is 6.92 Å². The maximum Gasteiger partial charge on any atom is 0.496 e. The van der Waals surface area contributed by atoms with Gasteiger partial charge in [0.2, 0.25) is 0 Å². The topological polar surface area (TPSA) is 34.6 Å². The van der Waals surface area contributed by atoms with E-state index in [0.717, 1.165) is 34.8 Å². The predicted molar refractivity (Wildman–Crippen MR) is 98.3 cm³/mol.